The van der Waals surface area contributed by atoms with Crippen LogP contribution in [0.5, 0.6) is 0 Å². The van der Waals surface area contributed by atoms with Crippen molar-refractivity contribution in [2.45, 2.75) is 71.1 Å². The number of carbonyl (C=O) groups excluding carboxylic acids is 2. The van der Waals surface area contributed by atoms with Gasteiger partial charge in [-0.25, -0.2) is 0 Å². The fourth-order valence-electron chi connectivity index (χ4n) is 2.24. The maximum Gasteiger partial charge on any atom is 0.248 e. The number of carbonyl (C=O) groups is 2. The minimum absolute atomic E-state index is 0.0171. The monoisotopic (exact) mass is 284 g/mol. The summed E-state index contributed by atoms with van der Waals surface area (Å²) in [4.78, 5) is 26.7. The van der Waals surface area contributed by atoms with Gasteiger partial charge in [0.05, 0.1) is 5.60 Å². The molecule has 0 aromatic heterocycles. The van der Waals surface area contributed by atoms with Crippen LogP contribution in [-0.4, -0.2) is 47.0 Å². The first-order valence-electron chi connectivity index (χ1n) is 7.20. The Balaban J connectivity index is 2.99. The first-order valence-corrected chi connectivity index (χ1v) is 7.20. The Bertz CT molecular complexity index is 404. The molecule has 5 heteroatoms. The molecule has 1 heterocycles. The molecule has 0 spiro atoms. The summed E-state index contributed by atoms with van der Waals surface area (Å²) >= 11 is 0. The highest BCUT2D eigenvalue weighted by Gasteiger charge is 2.51. The largest absolute Gasteiger partial charge is 0.379 e. The summed E-state index contributed by atoms with van der Waals surface area (Å²) in [5.41, 5.74) is -1.94. The fourth-order valence-corrected chi connectivity index (χ4v) is 2.24. The van der Waals surface area contributed by atoms with Crippen molar-refractivity contribution in [2.24, 2.45) is 0 Å². The van der Waals surface area contributed by atoms with Gasteiger partial charge < -0.3 is 15.0 Å². The molecule has 5 nitrogen and oxygen atoms in total. The number of nitrogens with zero attached hydrogens (tertiary/aromatic N) is 1. The van der Waals surface area contributed by atoms with Gasteiger partial charge in [0, 0.05) is 13.7 Å². The van der Waals surface area contributed by atoms with Crippen LogP contribution in [-0.2, 0) is 14.3 Å². The lowest BCUT2D eigenvalue weighted by molar-refractivity contribution is -0.161. The molecule has 1 saturated heterocycles. The Kier molecular flexibility index (Phi) is 4.54. The number of amides is 2. The molecule has 116 valence electrons. The van der Waals surface area contributed by atoms with Crippen molar-refractivity contribution < 1.29 is 14.3 Å². The van der Waals surface area contributed by atoms with Crippen molar-refractivity contribution in [1.82, 2.24) is 10.2 Å². The van der Waals surface area contributed by atoms with Crippen LogP contribution < -0.4 is 5.32 Å². The number of nitrogens with one attached hydrogen (secondary N) is 1. The van der Waals surface area contributed by atoms with Gasteiger partial charge in [-0.2, -0.15) is 0 Å². The van der Waals surface area contributed by atoms with Gasteiger partial charge >= 0.3 is 0 Å². The van der Waals surface area contributed by atoms with Gasteiger partial charge in [-0.05, 0) is 47.5 Å². The summed E-state index contributed by atoms with van der Waals surface area (Å²) in [5.74, 6) is -0.117. The number of piperazine rings is 1. The van der Waals surface area contributed by atoms with Crippen LogP contribution in [0, 0.1) is 0 Å². The molecule has 1 atom stereocenters. The van der Waals surface area contributed by atoms with Gasteiger partial charge in [-0.3, -0.25) is 9.59 Å². The third-order valence-corrected chi connectivity index (χ3v) is 4.53. The zero-order chi connectivity index (χ0) is 15.8. The average molecular weight is 284 g/mol. The van der Waals surface area contributed by atoms with Crippen molar-refractivity contribution in [1.29, 1.82) is 0 Å². The molecule has 0 aromatic rings. The summed E-state index contributed by atoms with van der Waals surface area (Å²) < 4.78 is 5.40. The van der Waals surface area contributed by atoms with Gasteiger partial charge in [-0.15, -0.1) is 0 Å². The molecule has 0 radical (unpaired) electrons. The molecule has 0 aromatic carbocycles. The maximum absolute atomic E-state index is 12.7. The van der Waals surface area contributed by atoms with Gasteiger partial charge in [-0.1, -0.05) is 6.92 Å². The van der Waals surface area contributed by atoms with Crippen LogP contribution in [0.4, 0.5) is 0 Å². The highest BCUT2D eigenvalue weighted by Crippen LogP contribution is 2.29. The SMILES string of the molecule is CCC1(C)NC(=O)C(C)(C)N(CCC(C)(C)OC)C1=O. The summed E-state index contributed by atoms with van der Waals surface area (Å²) in [6, 6.07) is 0. The molecule has 1 unspecified atom stereocenters. The van der Waals surface area contributed by atoms with E-state index in [1.165, 1.54) is 0 Å². The van der Waals surface area contributed by atoms with E-state index in [1.54, 1.807) is 32.8 Å². The molecule has 0 aliphatic carbocycles. The molecule has 0 bridgehead atoms. The van der Waals surface area contributed by atoms with E-state index in [-0.39, 0.29) is 17.4 Å². The second-order valence-corrected chi connectivity index (χ2v) is 6.87. The molecule has 0 saturated carbocycles. The molecule has 2 amide bonds. The van der Waals surface area contributed by atoms with Crippen molar-refractivity contribution >= 4 is 11.8 Å². The van der Waals surface area contributed by atoms with Crippen LogP contribution in [0.1, 0.15) is 54.4 Å². The first kappa shape index (κ1) is 17.0. The van der Waals surface area contributed by atoms with Crippen molar-refractivity contribution in [3.63, 3.8) is 0 Å². The average Bonchev–Trinajstić information content (AvgIpc) is 2.36. The van der Waals surface area contributed by atoms with Gasteiger partial charge in [0.1, 0.15) is 11.1 Å². The number of ether oxygens (including phenoxy) is 1. The Hall–Kier alpha value is -1.10. The summed E-state index contributed by atoms with van der Waals surface area (Å²) in [6.45, 7) is 11.7. The van der Waals surface area contributed by atoms with Crippen LogP contribution in [0.3, 0.4) is 0 Å². The smallest absolute Gasteiger partial charge is 0.248 e. The third-order valence-electron chi connectivity index (χ3n) is 4.53. The van der Waals surface area contributed by atoms with Crippen LogP contribution in [0.2, 0.25) is 0 Å². The zero-order valence-corrected chi connectivity index (χ0v) is 13.8. The van der Waals surface area contributed by atoms with E-state index in [9.17, 15) is 9.59 Å². The quantitative estimate of drug-likeness (QED) is 0.836. The highest BCUT2D eigenvalue weighted by atomic mass is 16.5. The van der Waals surface area contributed by atoms with Gasteiger partial charge in [0.2, 0.25) is 11.8 Å². The second kappa shape index (κ2) is 5.35. The zero-order valence-electron chi connectivity index (χ0n) is 13.8. The van der Waals surface area contributed by atoms with E-state index < -0.39 is 11.1 Å². The summed E-state index contributed by atoms with van der Waals surface area (Å²) in [6.07, 6.45) is 1.27. The topological polar surface area (TPSA) is 58.6 Å². The Morgan fingerprint density at radius 3 is 2.25 bits per heavy atom. The van der Waals surface area contributed by atoms with Crippen molar-refractivity contribution in [3.8, 4) is 0 Å². The fraction of sp³-hybridized carbons (Fsp3) is 0.867. The minimum Gasteiger partial charge on any atom is -0.379 e. The Labute approximate surface area is 122 Å². The number of hydrogen-bond donors (Lipinski definition) is 1. The van der Waals surface area contributed by atoms with E-state index in [0.29, 0.717) is 19.4 Å². The van der Waals surface area contributed by atoms with Crippen LogP contribution in [0.15, 0.2) is 0 Å². The lowest BCUT2D eigenvalue weighted by Crippen LogP contribution is -2.73. The maximum atomic E-state index is 12.7. The van der Waals surface area contributed by atoms with E-state index in [2.05, 4.69) is 5.32 Å². The van der Waals surface area contributed by atoms with Gasteiger partial charge in [0.25, 0.3) is 0 Å². The van der Waals surface area contributed by atoms with E-state index in [4.69, 9.17) is 4.74 Å². The second-order valence-electron chi connectivity index (χ2n) is 6.87. The molecule has 1 fully saturated rings. The highest BCUT2D eigenvalue weighted by molar-refractivity contribution is 6.01. The Morgan fingerprint density at radius 2 is 1.80 bits per heavy atom. The summed E-state index contributed by atoms with van der Waals surface area (Å²) in [7, 11) is 1.66. The lowest BCUT2D eigenvalue weighted by Gasteiger charge is -2.49. The van der Waals surface area contributed by atoms with E-state index in [0.717, 1.165) is 0 Å². The normalized spacial score (nSPS) is 26.6. The molecular formula is C15H28N2O3. The summed E-state index contributed by atoms with van der Waals surface area (Å²) in [5, 5.41) is 2.86. The van der Waals surface area contributed by atoms with E-state index in [1.807, 2.05) is 20.8 Å². The standard InChI is InChI=1S/C15H28N2O3/c1-8-15(6)12(19)17(10-9-13(2,3)20-7)14(4,5)11(18)16-15/h8-10H2,1-7H3,(H,16,18). The number of methoxy groups -OCH3 is 1. The van der Waals surface area contributed by atoms with Gasteiger partial charge in [0.15, 0.2) is 0 Å². The van der Waals surface area contributed by atoms with Crippen LogP contribution in [0.25, 0.3) is 0 Å². The van der Waals surface area contributed by atoms with Crippen molar-refractivity contribution in [2.75, 3.05) is 13.7 Å². The molecule has 20 heavy (non-hydrogen) atoms. The molecule has 1 rings (SSSR count). The first-order chi connectivity index (χ1) is 9.00. The van der Waals surface area contributed by atoms with Crippen molar-refractivity contribution in [3.05, 3.63) is 0 Å². The number of rotatable bonds is 5. The predicted molar refractivity (Wildman–Crippen MR) is 78.3 cm³/mol. The lowest BCUT2D eigenvalue weighted by atomic mass is 9.86. The number of hydrogen-bond acceptors (Lipinski definition) is 3. The molecule has 1 aliphatic rings. The molecular weight excluding hydrogens is 256 g/mol. The van der Waals surface area contributed by atoms with Crippen LogP contribution >= 0.6 is 0 Å². The minimum atomic E-state index is -0.824. The molecule has 1 aliphatic heterocycles. The molecule has 1 N–H and O–H groups in total. The van der Waals surface area contributed by atoms with E-state index >= 15 is 0 Å². The predicted octanol–water partition coefficient (Wildman–Crippen LogP) is 1.71. The Morgan fingerprint density at radius 1 is 1.25 bits per heavy atom. The third kappa shape index (κ3) is 2.97.